The van der Waals surface area contributed by atoms with E-state index in [2.05, 4.69) is 17.6 Å². The van der Waals surface area contributed by atoms with E-state index in [1.165, 1.54) is 0 Å². The summed E-state index contributed by atoms with van der Waals surface area (Å²) in [7, 11) is 0. The molecule has 2 saturated carbocycles. The average molecular weight is 393 g/mol. The van der Waals surface area contributed by atoms with Crippen molar-refractivity contribution in [2.45, 2.75) is 76.8 Å². The number of nitrogens with zero attached hydrogens (tertiary/aromatic N) is 1. The minimum Gasteiger partial charge on any atom is -0.454 e. The first kappa shape index (κ1) is 20.6. The second kappa shape index (κ2) is 8.49. The van der Waals surface area contributed by atoms with E-state index in [1.807, 2.05) is 6.92 Å². The van der Waals surface area contributed by atoms with Crippen molar-refractivity contribution < 1.29 is 23.9 Å². The maximum Gasteiger partial charge on any atom is 0.326 e. The van der Waals surface area contributed by atoms with Crippen LogP contribution in [0.15, 0.2) is 0 Å². The fourth-order valence-electron chi connectivity index (χ4n) is 4.63. The van der Waals surface area contributed by atoms with Crippen molar-refractivity contribution in [3.63, 3.8) is 0 Å². The van der Waals surface area contributed by atoms with Gasteiger partial charge in [0.05, 0.1) is 0 Å². The third-order valence-corrected chi connectivity index (χ3v) is 6.53. The van der Waals surface area contributed by atoms with E-state index in [9.17, 15) is 19.2 Å². The number of esters is 1. The zero-order valence-corrected chi connectivity index (χ0v) is 16.8. The Labute approximate surface area is 165 Å². The molecule has 3 rings (SSSR count). The molecule has 1 aliphatic heterocycles. The number of amides is 4. The molecular weight excluding hydrogens is 362 g/mol. The van der Waals surface area contributed by atoms with Gasteiger partial charge in [-0.05, 0) is 50.4 Å². The summed E-state index contributed by atoms with van der Waals surface area (Å²) in [5.41, 5.74) is -0.898. The summed E-state index contributed by atoms with van der Waals surface area (Å²) in [6.45, 7) is 3.30. The summed E-state index contributed by atoms with van der Waals surface area (Å²) < 4.78 is 5.00. The molecule has 1 spiro atoms. The molecule has 8 heteroatoms. The van der Waals surface area contributed by atoms with Gasteiger partial charge >= 0.3 is 12.0 Å². The van der Waals surface area contributed by atoms with Gasteiger partial charge in [0.15, 0.2) is 6.61 Å². The molecule has 1 heterocycles. The molecule has 3 aliphatic rings. The van der Waals surface area contributed by atoms with Gasteiger partial charge in [-0.1, -0.05) is 26.7 Å². The number of carbonyl (C=O) groups excluding carboxylic acids is 4. The SMILES string of the molecule is CC1CCC(NC(=O)COC(=O)CN2C(=O)N[C@@]3(CCCC[C@@H]3C)C2=O)CC1. The number of hydrogen-bond donors (Lipinski definition) is 2. The van der Waals surface area contributed by atoms with Gasteiger partial charge in [-0.15, -0.1) is 0 Å². The Bertz CT molecular complexity index is 644. The van der Waals surface area contributed by atoms with Crippen molar-refractivity contribution >= 4 is 23.8 Å². The Balaban J connectivity index is 1.46. The lowest BCUT2D eigenvalue weighted by atomic mass is 9.73. The highest BCUT2D eigenvalue weighted by molar-refractivity contribution is 6.09. The Kier molecular flexibility index (Phi) is 6.25. The molecule has 156 valence electrons. The molecule has 1 saturated heterocycles. The summed E-state index contributed by atoms with van der Waals surface area (Å²) in [5, 5.41) is 5.68. The summed E-state index contributed by atoms with van der Waals surface area (Å²) in [5.74, 6) is -0.741. The number of rotatable bonds is 5. The van der Waals surface area contributed by atoms with E-state index in [1.54, 1.807) is 0 Å². The molecule has 0 radical (unpaired) electrons. The second-order valence-corrected chi connectivity index (χ2v) is 8.62. The van der Waals surface area contributed by atoms with E-state index in [-0.39, 0.29) is 23.8 Å². The fraction of sp³-hybridized carbons (Fsp3) is 0.800. The third-order valence-electron chi connectivity index (χ3n) is 6.53. The van der Waals surface area contributed by atoms with E-state index in [0.717, 1.165) is 49.8 Å². The van der Waals surface area contributed by atoms with Crippen LogP contribution in [-0.4, -0.2) is 53.4 Å². The molecule has 0 bridgehead atoms. The number of carbonyl (C=O) groups is 4. The van der Waals surface area contributed by atoms with E-state index < -0.39 is 30.7 Å². The zero-order valence-electron chi connectivity index (χ0n) is 16.8. The van der Waals surface area contributed by atoms with Crippen molar-refractivity contribution in [3.8, 4) is 0 Å². The van der Waals surface area contributed by atoms with Gasteiger partial charge < -0.3 is 15.4 Å². The number of imide groups is 1. The standard InChI is InChI=1S/C20H31N3O5/c1-13-6-8-15(9-7-13)21-16(24)12-28-17(25)11-23-18(26)20(22-19(23)27)10-4-3-5-14(20)2/h13-15H,3-12H2,1-2H3,(H,21,24)(H,22,27)/t13?,14-,15?,20+/m0/s1. The Hall–Kier alpha value is -2.12. The molecule has 0 aromatic rings. The fourth-order valence-corrected chi connectivity index (χ4v) is 4.63. The quantitative estimate of drug-likeness (QED) is 0.547. The molecule has 8 nitrogen and oxygen atoms in total. The lowest BCUT2D eigenvalue weighted by Crippen LogP contribution is -2.54. The molecule has 2 N–H and O–H groups in total. The van der Waals surface area contributed by atoms with Gasteiger partial charge in [0, 0.05) is 6.04 Å². The molecule has 0 aromatic heterocycles. The minimum absolute atomic E-state index is 0.0303. The first-order valence-corrected chi connectivity index (χ1v) is 10.4. The first-order chi connectivity index (χ1) is 13.3. The summed E-state index contributed by atoms with van der Waals surface area (Å²) >= 11 is 0. The normalized spacial score (nSPS) is 32.9. The first-order valence-electron chi connectivity index (χ1n) is 10.4. The third kappa shape index (κ3) is 4.31. The molecular formula is C20H31N3O5. The maximum absolute atomic E-state index is 12.8. The highest BCUT2D eigenvalue weighted by atomic mass is 16.5. The molecule has 2 aliphatic carbocycles. The second-order valence-electron chi connectivity index (χ2n) is 8.62. The van der Waals surface area contributed by atoms with Crippen LogP contribution in [0, 0.1) is 11.8 Å². The minimum atomic E-state index is -0.898. The molecule has 4 amide bonds. The van der Waals surface area contributed by atoms with Crippen molar-refractivity contribution in [2.75, 3.05) is 13.2 Å². The van der Waals surface area contributed by atoms with Crippen LogP contribution in [0.3, 0.4) is 0 Å². The monoisotopic (exact) mass is 393 g/mol. The van der Waals surface area contributed by atoms with Crippen LogP contribution in [0.25, 0.3) is 0 Å². The summed E-state index contributed by atoms with van der Waals surface area (Å²) in [6.07, 6.45) is 7.39. The molecule has 3 fully saturated rings. The van der Waals surface area contributed by atoms with Gasteiger partial charge in [0.25, 0.3) is 11.8 Å². The predicted octanol–water partition coefficient (Wildman–Crippen LogP) is 1.73. The Morgan fingerprint density at radius 3 is 2.54 bits per heavy atom. The van der Waals surface area contributed by atoms with E-state index in [4.69, 9.17) is 4.74 Å². The molecule has 28 heavy (non-hydrogen) atoms. The highest BCUT2D eigenvalue weighted by Gasteiger charge is 2.55. The largest absolute Gasteiger partial charge is 0.454 e. The van der Waals surface area contributed by atoms with Gasteiger partial charge in [0.2, 0.25) is 0 Å². The van der Waals surface area contributed by atoms with Gasteiger partial charge in [-0.3, -0.25) is 19.3 Å². The Morgan fingerprint density at radius 1 is 1.14 bits per heavy atom. The van der Waals surface area contributed by atoms with Crippen LogP contribution in [-0.2, 0) is 19.1 Å². The van der Waals surface area contributed by atoms with E-state index >= 15 is 0 Å². The topological polar surface area (TPSA) is 105 Å². The van der Waals surface area contributed by atoms with Gasteiger partial charge in [-0.2, -0.15) is 0 Å². The number of hydrogen-bond acceptors (Lipinski definition) is 5. The number of nitrogens with one attached hydrogen (secondary N) is 2. The maximum atomic E-state index is 12.8. The Morgan fingerprint density at radius 2 is 1.86 bits per heavy atom. The van der Waals surface area contributed by atoms with E-state index in [0.29, 0.717) is 12.3 Å². The number of urea groups is 1. The van der Waals surface area contributed by atoms with Gasteiger partial charge in [0.1, 0.15) is 12.1 Å². The van der Waals surface area contributed by atoms with Crippen molar-refractivity contribution in [2.24, 2.45) is 11.8 Å². The van der Waals surface area contributed by atoms with Crippen LogP contribution in [0.5, 0.6) is 0 Å². The van der Waals surface area contributed by atoms with Gasteiger partial charge in [-0.25, -0.2) is 4.79 Å². The summed E-state index contributed by atoms with van der Waals surface area (Å²) in [6, 6.07) is -0.433. The summed E-state index contributed by atoms with van der Waals surface area (Å²) in [4.78, 5) is 50.1. The van der Waals surface area contributed by atoms with Crippen LogP contribution < -0.4 is 10.6 Å². The van der Waals surface area contributed by atoms with Crippen molar-refractivity contribution in [3.05, 3.63) is 0 Å². The van der Waals surface area contributed by atoms with Crippen LogP contribution in [0.1, 0.15) is 65.2 Å². The van der Waals surface area contributed by atoms with Crippen LogP contribution >= 0.6 is 0 Å². The van der Waals surface area contributed by atoms with Crippen molar-refractivity contribution in [1.82, 2.24) is 15.5 Å². The van der Waals surface area contributed by atoms with Crippen LogP contribution in [0.4, 0.5) is 4.79 Å². The molecule has 2 atom stereocenters. The predicted molar refractivity (Wildman–Crippen MR) is 101 cm³/mol. The zero-order chi connectivity index (χ0) is 20.3. The lowest BCUT2D eigenvalue weighted by molar-refractivity contribution is -0.151. The van der Waals surface area contributed by atoms with Crippen LogP contribution in [0.2, 0.25) is 0 Å². The highest BCUT2D eigenvalue weighted by Crippen LogP contribution is 2.38. The number of ether oxygens (including phenoxy) is 1. The van der Waals surface area contributed by atoms with Crippen molar-refractivity contribution in [1.29, 1.82) is 0 Å². The molecule has 0 unspecified atom stereocenters. The smallest absolute Gasteiger partial charge is 0.326 e. The molecule has 0 aromatic carbocycles. The lowest BCUT2D eigenvalue weighted by Gasteiger charge is -2.36. The average Bonchev–Trinajstić information content (AvgIpc) is 2.89.